The molecule has 1 aromatic heterocycles. The fourth-order valence-electron chi connectivity index (χ4n) is 5.36. The fraction of sp³-hybridized carbons (Fsp3) is 0.360. The maximum Gasteiger partial charge on any atom is 0.344 e. The van der Waals surface area contributed by atoms with Crippen LogP contribution in [-0.2, 0) is 14.4 Å². The van der Waals surface area contributed by atoms with E-state index in [1.807, 2.05) is 36.6 Å². The number of carboxylic acid groups (broad SMARTS) is 1. The van der Waals surface area contributed by atoms with Gasteiger partial charge in [-0.2, -0.15) is 10.1 Å². The number of aryl methyl sites for hydroxylation is 1. The van der Waals surface area contributed by atoms with Crippen LogP contribution in [0.15, 0.2) is 47.6 Å². The van der Waals surface area contributed by atoms with Crippen molar-refractivity contribution in [3.8, 4) is 11.4 Å². The molecular formula is C25H25N3O5. The molecule has 1 N–H and O–H groups in total. The SMILES string of the molecule is Cc1cc(C=NN2C(=O)[C@@H]3[C@H](C2=O)[C@H]2C=C[C@H]3C2)c(C)n1-c1ccc(O[C@@H](C)C(=O)O)cc1. The maximum absolute atomic E-state index is 12.8. The molecule has 2 aliphatic carbocycles. The van der Waals surface area contributed by atoms with Gasteiger partial charge in [-0.05, 0) is 69.4 Å². The zero-order chi connectivity index (χ0) is 23.4. The minimum atomic E-state index is -1.03. The summed E-state index contributed by atoms with van der Waals surface area (Å²) in [6.45, 7) is 5.38. The number of amides is 2. The molecule has 3 aliphatic rings. The minimum absolute atomic E-state index is 0.159. The van der Waals surface area contributed by atoms with Crippen molar-refractivity contribution in [2.24, 2.45) is 28.8 Å². The molecule has 2 aromatic rings. The first-order valence-corrected chi connectivity index (χ1v) is 11.0. The summed E-state index contributed by atoms with van der Waals surface area (Å²) in [5.74, 6) is -1.15. The normalized spacial score (nSPS) is 26.5. The molecule has 8 heteroatoms. The number of rotatable bonds is 6. The van der Waals surface area contributed by atoms with Crippen molar-refractivity contribution in [2.75, 3.05) is 0 Å². The van der Waals surface area contributed by atoms with Gasteiger partial charge in [-0.3, -0.25) is 9.59 Å². The molecule has 1 saturated carbocycles. The average molecular weight is 447 g/mol. The number of nitrogens with zero attached hydrogens (tertiary/aromatic N) is 3. The van der Waals surface area contributed by atoms with Gasteiger partial charge in [0.05, 0.1) is 18.1 Å². The molecule has 2 fully saturated rings. The number of allylic oxidation sites excluding steroid dienone is 2. The molecule has 1 saturated heterocycles. The molecule has 1 aromatic carbocycles. The first kappa shape index (κ1) is 21.2. The first-order chi connectivity index (χ1) is 15.8. The third-order valence-electron chi connectivity index (χ3n) is 6.99. The molecule has 1 aliphatic heterocycles. The number of aliphatic carboxylic acids is 1. The fourth-order valence-corrected chi connectivity index (χ4v) is 5.36. The van der Waals surface area contributed by atoms with E-state index >= 15 is 0 Å². The van der Waals surface area contributed by atoms with E-state index in [2.05, 4.69) is 17.3 Å². The molecule has 0 spiro atoms. The number of carbonyl (C=O) groups is 3. The predicted octanol–water partition coefficient (Wildman–Crippen LogP) is 3.09. The lowest BCUT2D eigenvalue weighted by atomic mass is 9.85. The predicted molar refractivity (Wildman–Crippen MR) is 120 cm³/mol. The molecule has 5 rings (SSSR count). The summed E-state index contributed by atoms with van der Waals surface area (Å²) in [4.78, 5) is 36.7. The summed E-state index contributed by atoms with van der Waals surface area (Å²) in [7, 11) is 0. The van der Waals surface area contributed by atoms with Crippen molar-refractivity contribution in [3.05, 3.63) is 59.4 Å². The standard InChI is InChI=1S/C25H25N3O5/c1-13-10-18(12-26-28-23(29)21-16-4-5-17(11-16)22(21)24(28)30)14(2)27(13)19-6-8-20(9-7-19)33-15(3)25(31)32/h4-10,12,15-17,21-22H,11H2,1-3H3,(H,31,32)/t15-,16-,17-,21-,22+/m0/s1. The summed E-state index contributed by atoms with van der Waals surface area (Å²) in [6.07, 6.45) is 5.67. The van der Waals surface area contributed by atoms with E-state index in [1.54, 1.807) is 18.3 Å². The highest BCUT2D eigenvalue weighted by Gasteiger charge is 2.59. The van der Waals surface area contributed by atoms with Gasteiger partial charge in [-0.1, -0.05) is 12.2 Å². The highest BCUT2D eigenvalue weighted by Crippen LogP contribution is 2.52. The van der Waals surface area contributed by atoms with Crippen molar-refractivity contribution in [3.63, 3.8) is 0 Å². The second-order valence-corrected chi connectivity index (χ2v) is 8.99. The molecular weight excluding hydrogens is 422 g/mol. The Bertz CT molecular complexity index is 1180. The largest absolute Gasteiger partial charge is 0.479 e. The molecule has 8 nitrogen and oxygen atoms in total. The number of carbonyl (C=O) groups excluding carboxylic acids is 2. The van der Waals surface area contributed by atoms with Gasteiger partial charge < -0.3 is 14.4 Å². The lowest BCUT2D eigenvalue weighted by Crippen LogP contribution is -2.28. The number of hydrazone groups is 1. The van der Waals surface area contributed by atoms with E-state index < -0.39 is 12.1 Å². The van der Waals surface area contributed by atoms with E-state index in [4.69, 9.17) is 9.84 Å². The van der Waals surface area contributed by atoms with Crippen LogP contribution < -0.4 is 4.74 Å². The Balaban J connectivity index is 1.36. The van der Waals surface area contributed by atoms with Gasteiger partial charge in [0.15, 0.2) is 6.10 Å². The topological polar surface area (TPSA) is 101 Å². The summed E-state index contributed by atoms with van der Waals surface area (Å²) in [5.41, 5.74) is 3.56. The Morgan fingerprint density at radius 3 is 2.30 bits per heavy atom. The quantitative estimate of drug-likeness (QED) is 0.417. The average Bonchev–Trinajstić information content (AvgIpc) is 3.52. The Hall–Kier alpha value is -3.68. The molecule has 33 heavy (non-hydrogen) atoms. The summed E-state index contributed by atoms with van der Waals surface area (Å²) in [5, 5.41) is 14.4. The van der Waals surface area contributed by atoms with Crippen LogP contribution in [0.4, 0.5) is 0 Å². The van der Waals surface area contributed by atoms with Gasteiger partial charge in [0.2, 0.25) is 0 Å². The number of imide groups is 1. The second kappa shape index (κ2) is 7.72. The zero-order valence-corrected chi connectivity index (χ0v) is 18.6. The molecule has 0 unspecified atom stereocenters. The van der Waals surface area contributed by atoms with Gasteiger partial charge in [0, 0.05) is 22.6 Å². The van der Waals surface area contributed by atoms with Gasteiger partial charge in [-0.15, -0.1) is 0 Å². The van der Waals surface area contributed by atoms with Crippen LogP contribution in [-0.4, -0.2) is 44.8 Å². The van der Waals surface area contributed by atoms with Crippen LogP contribution in [0, 0.1) is 37.5 Å². The molecule has 2 amide bonds. The lowest BCUT2D eigenvalue weighted by molar-refractivity contribution is -0.144. The molecule has 5 atom stereocenters. The van der Waals surface area contributed by atoms with Crippen molar-refractivity contribution >= 4 is 24.0 Å². The van der Waals surface area contributed by atoms with Gasteiger partial charge >= 0.3 is 5.97 Å². The monoisotopic (exact) mass is 447 g/mol. The maximum atomic E-state index is 12.8. The third kappa shape index (κ3) is 3.37. The summed E-state index contributed by atoms with van der Waals surface area (Å²) < 4.78 is 7.42. The Morgan fingerprint density at radius 2 is 1.73 bits per heavy atom. The van der Waals surface area contributed by atoms with Gasteiger partial charge in [0.1, 0.15) is 5.75 Å². The molecule has 0 radical (unpaired) electrons. The molecule has 2 bridgehead atoms. The summed E-state index contributed by atoms with van der Waals surface area (Å²) in [6, 6.07) is 9.10. The summed E-state index contributed by atoms with van der Waals surface area (Å²) >= 11 is 0. The van der Waals surface area contributed by atoms with E-state index in [0.717, 1.165) is 34.1 Å². The second-order valence-electron chi connectivity index (χ2n) is 8.99. The van der Waals surface area contributed by atoms with Crippen molar-refractivity contribution in [1.82, 2.24) is 9.58 Å². The first-order valence-electron chi connectivity index (χ1n) is 11.0. The van der Waals surface area contributed by atoms with Gasteiger partial charge in [-0.25, -0.2) is 4.79 Å². The molecule has 170 valence electrons. The van der Waals surface area contributed by atoms with Crippen molar-refractivity contribution < 1.29 is 24.2 Å². The van der Waals surface area contributed by atoms with Crippen LogP contribution in [0.25, 0.3) is 5.69 Å². The van der Waals surface area contributed by atoms with E-state index in [9.17, 15) is 14.4 Å². The molecule has 2 heterocycles. The minimum Gasteiger partial charge on any atom is -0.479 e. The third-order valence-corrected chi connectivity index (χ3v) is 6.99. The van der Waals surface area contributed by atoms with E-state index in [0.29, 0.717) is 5.75 Å². The Kier molecular flexibility index (Phi) is 4.96. The van der Waals surface area contributed by atoms with E-state index in [1.165, 1.54) is 6.92 Å². The van der Waals surface area contributed by atoms with Crippen molar-refractivity contribution in [1.29, 1.82) is 0 Å². The number of ether oxygens (including phenoxy) is 1. The highest BCUT2D eigenvalue weighted by atomic mass is 16.5. The van der Waals surface area contributed by atoms with Gasteiger partial charge in [0.25, 0.3) is 11.8 Å². The number of hydrogen-bond donors (Lipinski definition) is 1. The number of benzene rings is 1. The Morgan fingerprint density at radius 1 is 1.12 bits per heavy atom. The van der Waals surface area contributed by atoms with Crippen LogP contribution in [0.1, 0.15) is 30.3 Å². The van der Waals surface area contributed by atoms with Crippen LogP contribution in [0.3, 0.4) is 0 Å². The zero-order valence-electron chi connectivity index (χ0n) is 18.6. The highest BCUT2D eigenvalue weighted by molar-refractivity contribution is 6.06. The number of aromatic nitrogens is 1. The lowest BCUT2D eigenvalue weighted by Gasteiger charge is -2.13. The van der Waals surface area contributed by atoms with Crippen molar-refractivity contribution in [2.45, 2.75) is 33.3 Å². The number of carboxylic acids is 1. The number of fused-ring (bicyclic) bond motifs is 5. The smallest absolute Gasteiger partial charge is 0.344 e. The van der Waals surface area contributed by atoms with Crippen LogP contribution in [0.2, 0.25) is 0 Å². The van der Waals surface area contributed by atoms with E-state index in [-0.39, 0.29) is 35.5 Å². The van der Waals surface area contributed by atoms with Crippen LogP contribution in [0.5, 0.6) is 5.75 Å². The van der Waals surface area contributed by atoms with Crippen LogP contribution >= 0.6 is 0 Å². The Labute approximate surface area is 191 Å². The number of hydrogen-bond acceptors (Lipinski definition) is 5.